The second kappa shape index (κ2) is 1.66. The molecule has 0 aromatic heterocycles. The van der Waals surface area contributed by atoms with Gasteiger partial charge in [-0.25, -0.2) is 4.79 Å². The zero-order valence-electron chi connectivity index (χ0n) is 5.37. The summed E-state index contributed by atoms with van der Waals surface area (Å²) in [7, 11) is 0. The number of fused-ring (bicyclic) bond motifs is 1. The van der Waals surface area contributed by atoms with Gasteiger partial charge in [-0.05, 0) is 12.1 Å². The normalized spacial score (nSPS) is 13.3. The van der Waals surface area contributed by atoms with Crippen LogP contribution in [-0.4, -0.2) is 16.2 Å². The lowest BCUT2D eigenvalue weighted by atomic mass is 10.1. The highest BCUT2D eigenvalue weighted by molar-refractivity contribution is 6.04. The van der Waals surface area contributed by atoms with Gasteiger partial charge in [0, 0.05) is 0 Å². The zero-order valence-corrected chi connectivity index (χ0v) is 5.37. The Hall–Kier alpha value is -1.71. The van der Waals surface area contributed by atoms with E-state index in [1.807, 2.05) is 0 Å². The molecule has 0 unspecified atom stereocenters. The molecule has 1 aromatic rings. The van der Waals surface area contributed by atoms with Crippen molar-refractivity contribution in [1.29, 1.82) is 0 Å². The standard InChI is InChI=1S/C7H4O4/c8-3-1-2-4-5(6(3)9)7(10)11-4/h1-2,8-9H. The number of hydrogen-bond acceptors (Lipinski definition) is 4. The van der Waals surface area contributed by atoms with E-state index in [-0.39, 0.29) is 11.3 Å². The number of benzene rings is 1. The number of esters is 1. The highest BCUT2D eigenvalue weighted by atomic mass is 16.6. The number of rotatable bonds is 0. The molecule has 1 aliphatic heterocycles. The Morgan fingerprint density at radius 1 is 1.27 bits per heavy atom. The molecular formula is C7H4O4. The van der Waals surface area contributed by atoms with Crippen LogP contribution in [0.15, 0.2) is 12.1 Å². The van der Waals surface area contributed by atoms with Gasteiger partial charge in [-0.3, -0.25) is 0 Å². The Morgan fingerprint density at radius 3 is 2.55 bits per heavy atom. The third kappa shape index (κ3) is 0.605. The van der Waals surface area contributed by atoms with E-state index in [4.69, 9.17) is 10.2 Å². The van der Waals surface area contributed by atoms with E-state index in [0.717, 1.165) is 0 Å². The fourth-order valence-corrected chi connectivity index (χ4v) is 0.949. The van der Waals surface area contributed by atoms with E-state index < -0.39 is 11.7 Å². The van der Waals surface area contributed by atoms with Crippen LogP contribution in [0.3, 0.4) is 0 Å². The smallest absolute Gasteiger partial charge is 0.351 e. The number of carbonyl (C=O) groups is 1. The van der Waals surface area contributed by atoms with Crippen molar-refractivity contribution in [1.82, 2.24) is 0 Å². The summed E-state index contributed by atoms with van der Waals surface area (Å²) in [4.78, 5) is 10.6. The van der Waals surface area contributed by atoms with Gasteiger partial charge in [0.05, 0.1) is 0 Å². The third-order valence-electron chi connectivity index (χ3n) is 1.53. The summed E-state index contributed by atoms with van der Waals surface area (Å²) < 4.78 is 4.51. The van der Waals surface area contributed by atoms with Crippen molar-refractivity contribution in [3.8, 4) is 17.2 Å². The predicted molar refractivity (Wildman–Crippen MR) is 34.7 cm³/mol. The van der Waals surface area contributed by atoms with Crippen molar-refractivity contribution >= 4 is 5.97 Å². The Kier molecular flexibility index (Phi) is 0.910. The number of carbonyl (C=O) groups excluding carboxylic acids is 1. The average molecular weight is 152 g/mol. The highest BCUT2D eigenvalue weighted by Gasteiger charge is 2.31. The van der Waals surface area contributed by atoms with Crippen LogP contribution in [0.2, 0.25) is 0 Å². The maximum atomic E-state index is 10.6. The van der Waals surface area contributed by atoms with Gasteiger partial charge >= 0.3 is 5.97 Å². The van der Waals surface area contributed by atoms with Crippen molar-refractivity contribution in [3.63, 3.8) is 0 Å². The minimum atomic E-state index is -0.603. The second-order valence-electron chi connectivity index (χ2n) is 2.20. The maximum absolute atomic E-state index is 10.6. The monoisotopic (exact) mass is 152 g/mol. The summed E-state index contributed by atoms with van der Waals surface area (Å²) in [6.07, 6.45) is 0. The molecule has 2 N–H and O–H groups in total. The van der Waals surface area contributed by atoms with Gasteiger partial charge < -0.3 is 14.9 Å². The Balaban J connectivity index is 2.70. The fourth-order valence-electron chi connectivity index (χ4n) is 0.949. The van der Waals surface area contributed by atoms with E-state index >= 15 is 0 Å². The van der Waals surface area contributed by atoms with Crippen LogP contribution in [0.1, 0.15) is 10.4 Å². The van der Waals surface area contributed by atoms with Gasteiger partial charge in [0.25, 0.3) is 0 Å². The lowest BCUT2D eigenvalue weighted by Crippen LogP contribution is -2.20. The van der Waals surface area contributed by atoms with Gasteiger partial charge in [-0.15, -0.1) is 0 Å². The van der Waals surface area contributed by atoms with Crippen molar-refractivity contribution in [2.45, 2.75) is 0 Å². The molecule has 0 saturated carbocycles. The summed E-state index contributed by atoms with van der Waals surface area (Å²) in [5, 5.41) is 18.0. The molecule has 0 aliphatic carbocycles. The molecule has 0 atom stereocenters. The first kappa shape index (κ1) is 6.03. The molecule has 0 bridgehead atoms. The first-order valence-corrected chi connectivity index (χ1v) is 2.97. The van der Waals surface area contributed by atoms with Crippen molar-refractivity contribution in [3.05, 3.63) is 17.7 Å². The molecule has 4 heteroatoms. The molecule has 0 amide bonds. The summed E-state index contributed by atoms with van der Waals surface area (Å²) in [6.45, 7) is 0. The van der Waals surface area contributed by atoms with Gasteiger partial charge in [-0.1, -0.05) is 0 Å². The van der Waals surface area contributed by atoms with Gasteiger partial charge in [0.1, 0.15) is 11.3 Å². The summed E-state index contributed by atoms with van der Waals surface area (Å²) in [5.74, 6) is -1.00. The molecule has 4 nitrogen and oxygen atoms in total. The van der Waals surface area contributed by atoms with E-state index in [0.29, 0.717) is 5.75 Å². The van der Waals surface area contributed by atoms with Crippen LogP contribution in [0.4, 0.5) is 0 Å². The van der Waals surface area contributed by atoms with Crippen molar-refractivity contribution < 1.29 is 19.7 Å². The Morgan fingerprint density at radius 2 is 2.00 bits per heavy atom. The fraction of sp³-hybridized carbons (Fsp3) is 0. The predicted octanol–water partition coefficient (Wildman–Crippen LogP) is 0.630. The summed E-state index contributed by atoms with van der Waals surface area (Å²) in [5.41, 5.74) is 0.0602. The summed E-state index contributed by atoms with van der Waals surface area (Å²) >= 11 is 0. The lowest BCUT2D eigenvalue weighted by molar-refractivity contribution is 0.0651. The van der Waals surface area contributed by atoms with Crippen molar-refractivity contribution in [2.75, 3.05) is 0 Å². The largest absolute Gasteiger partial charge is 0.504 e. The van der Waals surface area contributed by atoms with Crippen LogP contribution in [-0.2, 0) is 0 Å². The third-order valence-corrected chi connectivity index (χ3v) is 1.53. The van der Waals surface area contributed by atoms with E-state index in [1.165, 1.54) is 12.1 Å². The molecule has 0 fully saturated rings. The molecule has 1 heterocycles. The average Bonchev–Trinajstić information content (AvgIpc) is 1.94. The number of ether oxygens (including phenoxy) is 1. The molecule has 0 spiro atoms. The van der Waals surface area contributed by atoms with Gasteiger partial charge in [0.2, 0.25) is 0 Å². The molecule has 1 aliphatic rings. The lowest BCUT2D eigenvalue weighted by Gasteiger charge is -2.18. The first-order chi connectivity index (χ1) is 5.20. The number of phenolic OH excluding ortho intramolecular Hbond substituents is 2. The second-order valence-corrected chi connectivity index (χ2v) is 2.20. The molecule has 11 heavy (non-hydrogen) atoms. The van der Waals surface area contributed by atoms with Crippen LogP contribution in [0, 0.1) is 0 Å². The number of hydrogen-bond donors (Lipinski definition) is 2. The molecular weight excluding hydrogens is 148 g/mol. The van der Waals surface area contributed by atoms with E-state index in [2.05, 4.69) is 4.74 Å². The first-order valence-electron chi connectivity index (χ1n) is 2.97. The molecule has 2 rings (SSSR count). The minimum absolute atomic E-state index is 0.0602. The van der Waals surface area contributed by atoms with Crippen LogP contribution < -0.4 is 4.74 Å². The van der Waals surface area contributed by atoms with Gasteiger partial charge in [-0.2, -0.15) is 0 Å². The zero-order chi connectivity index (χ0) is 8.01. The minimum Gasteiger partial charge on any atom is -0.504 e. The SMILES string of the molecule is O=C1Oc2ccc(O)c(O)c21. The van der Waals surface area contributed by atoms with Gasteiger partial charge in [0.15, 0.2) is 11.5 Å². The quantitative estimate of drug-likeness (QED) is 0.422. The number of aromatic hydroxyl groups is 2. The van der Waals surface area contributed by atoms with Crippen LogP contribution >= 0.6 is 0 Å². The molecule has 0 radical (unpaired) electrons. The van der Waals surface area contributed by atoms with Crippen molar-refractivity contribution in [2.24, 2.45) is 0 Å². The van der Waals surface area contributed by atoms with E-state index in [1.54, 1.807) is 0 Å². The molecule has 1 aromatic carbocycles. The van der Waals surface area contributed by atoms with Crippen LogP contribution in [0.25, 0.3) is 0 Å². The highest BCUT2D eigenvalue weighted by Crippen LogP contribution is 2.41. The molecule has 0 saturated heterocycles. The van der Waals surface area contributed by atoms with E-state index in [9.17, 15) is 4.79 Å². The Bertz CT molecular complexity index is 343. The summed E-state index contributed by atoms with van der Waals surface area (Å²) in [6, 6.07) is 2.69. The Labute approximate surface area is 61.7 Å². The maximum Gasteiger partial charge on any atom is 0.351 e. The number of phenols is 2. The molecule has 56 valence electrons. The topological polar surface area (TPSA) is 66.8 Å². The van der Waals surface area contributed by atoms with Crippen LogP contribution in [0.5, 0.6) is 17.2 Å².